The SMILES string of the molecule is O=C(O)ON1CCN(Cc2ccccc2)CC1. The van der Waals surface area contributed by atoms with Gasteiger partial charge in [0.15, 0.2) is 0 Å². The topological polar surface area (TPSA) is 53.0 Å². The lowest BCUT2D eigenvalue weighted by Crippen LogP contribution is -2.46. The van der Waals surface area contributed by atoms with Gasteiger partial charge < -0.3 is 9.94 Å². The van der Waals surface area contributed by atoms with E-state index in [-0.39, 0.29) is 0 Å². The molecule has 1 fully saturated rings. The Bertz CT molecular complexity index is 361. The minimum atomic E-state index is -1.23. The third-order valence-corrected chi connectivity index (χ3v) is 2.79. The van der Waals surface area contributed by atoms with E-state index >= 15 is 0 Å². The standard InChI is InChI=1S/C12H16N2O3/c15-12(16)17-14-8-6-13(7-9-14)10-11-4-2-1-3-5-11/h1-5H,6-10H2,(H,15,16). The van der Waals surface area contributed by atoms with Crippen LogP contribution in [0.15, 0.2) is 30.3 Å². The Labute approximate surface area is 100 Å². The molecule has 1 aliphatic rings. The number of carbonyl (C=O) groups is 1. The largest absolute Gasteiger partial charge is 0.525 e. The van der Waals surface area contributed by atoms with Crippen molar-refractivity contribution in [3.8, 4) is 0 Å². The molecule has 2 rings (SSSR count). The van der Waals surface area contributed by atoms with E-state index in [4.69, 9.17) is 5.11 Å². The van der Waals surface area contributed by atoms with Crippen molar-refractivity contribution in [1.29, 1.82) is 0 Å². The molecule has 1 aromatic carbocycles. The van der Waals surface area contributed by atoms with Crippen LogP contribution in [0, 0.1) is 0 Å². The van der Waals surface area contributed by atoms with Gasteiger partial charge in [-0.25, -0.2) is 4.79 Å². The van der Waals surface area contributed by atoms with Gasteiger partial charge in [0.05, 0.1) is 0 Å². The van der Waals surface area contributed by atoms with Gasteiger partial charge in [-0.15, -0.1) is 5.06 Å². The smallest absolute Gasteiger partial charge is 0.448 e. The predicted octanol–water partition coefficient (Wildman–Crippen LogP) is 1.41. The van der Waals surface area contributed by atoms with Gasteiger partial charge in [0.1, 0.15) is 0 Å². The first kappa shape index (κ1) is 11.9. The van der Waals surface area contributed by atoms with Crippen molar-refractivity contribution in [2.45, 2.75) is 6.54 Å². The molecular weight excluding hydrogens is 220 g/mol. The number of carboxylic acid groups (broad SMARTS) is 1. The molecule has 0 saturated carbocycles. The van der Waals surface area contributed by atoms with Crippen LogP contribution >= 0.6 is 0 Å². The van der Waals surface area contributed by atoms with Crippen LogP contribution in [0.4, 0.5) is 4.79 Å². The Morgan fingerprint density at radius 1 is 1.18 bits per heavy atom. The normalized spacial score (nSPS) is 17.9. The minimum absolute atomic E-state index is 0.624. The molecular formula is C12H16N2O3. The number of hydrogen-bond acceptors (Lipinski definition) is 4. The number of hydrogen-bond donors (Lipinski definition) is 1. The van der Waals surface area contributed by atoms with Gasteiger partial charge in [-0.1, -0.05) is 30.3 Å². The molecule has 17 heavy (non-hydrogen) atoms. The molecule has 0 aliphatic carbocycles. The van der Waals surface area contributed by atoms with Crippen molar-refractivity contribution in [1.82, 2.24) is 9.96 Å². The summed E-state index contributed by atoms with van der Waals surface area (Å²) in [7, 11) is 0. The molecule has 1 aliphatic heterocycles. The zero-order valence-electron chi connectivity index (χ0n) is 9.58. The minimum Gasteiger partial charge on any atom is -0.448 e. The van der Waals surface area contributed by atoms with E-state index in [1.165, 1.54) is 10.6 Å². The average molecular weight is 236 g/mol. The maximum Gasteiger partial charge on any atom is 0.525 e. The van der Waals surface area contributed by atoms with Gasteiger partial charge in [0, 0.05) is 32.7 Å². The quantitative estimate of drug-likeness (QED) is 0.860. The molecule has 0 aromatic heterocycles. The lowest BCUT2D eigenvalue weighted by molar-refractivity contribution is -0.140. The van der Waals surface area contributed by atoms with Crippen molar-refractivity contribution >= 4 is 6.16 Å². The van der Waals surface area contributed by atoms with Crippen LogP contribution < -0.4 is 0 Å². The van der Waals surface area contributed by atoms with Crippen LogP contribution in [-0.2, 0) is 11.4 Å². The lowest BCUT2D eigenvalue weighted by atomic mass is 10.2. The zero-order chi connectivity index (χ0) is 12.1. The van der Waals surface area contributed by atoms with Crippen LogP contribution in [0.1, 0.15) is 5.56 Å². The molecule has 0 spiro atoms. The van der Waals surface area contributed by atoms with Gasteiger partial charge >= 0.3 is 6.16 Å². The molecule has 0 unspecified atom stereocenters. The fraction of sp³-hybridized carbons (Fsp3) is 0.417. The van der Waals surface area contributed by atoms with Crippen molar-refractivity contribution in [2.24, 2.45) is 0 Å². The molecule has 92 valence electrons. The van der Waals surface area contributed by atoms with Crippen LogP contribution in [0.25, 0.3) is 0 Å². The van der Waals surface area contributed by atoms with Crippen LogP contribution in [-0.4, -0.2) is 47.4 Å². The first-order valence-corrected chi connectivity index (χ1v) is 5.66. The van der Waals surface area contributed by atoms with Crippen molar-refractivity contribution in [3.63, 3.8) is 0 Å². The molecule has 0 amide bonds. The maximum atomic E-state index is 10.4. The highest BCUT2D eigenvalue weighted by molar-refractivity contribution is 5.56. The summed E-state index contributed by atoms with van der Waals surface area (Å²) >= 11 is 0. The summed E-state index contributed by atoms with van der Waals surface area (Å²) in [5, 5.41) is 9.98. The Balaban J connectivity index is 1.78. The first-order valence-electron chi connectivity index (χ1n) is 5.66. The highest BCUT2D eigenvalue weighted by Crippen LogP contribution is 2.08. The predicted molar refractivity (Wildman–Crippen MR) is 62.4 cm³/mol. The molecule has 1 aromatic rings. The second-order valence-corrected chi connectivity index (χ2v) is 4.05. The van der Waals surface area contributed by atoms with Crippen LogP contribution in [0.5, 0.6) is 0 Å². The van der Waals surface area contributed by atoms with Gasteiger partial charge in [-0.2, -0.15) is 0 Å². The van der Waals surface area contributed by atoms with E-state index in [9.17, 15) is 4.79 Å². The van der Waals surface area contributed by atoms with Crippen LogP contribution in [0.3, 0.4) is 0 Å². The van der Waals surface area contributed by atoms with Crippen molar-refractivity contribution < 1.29 is 14.7 Å². The number of rotatable bonds is 3. The summed E-state index contributed by atoms with van der Waals surface area (Å²) in [6.07, 6.45) is -1.23. The van der Waals surface area contributed by atoms with E-state index in [2.05, 4.69) is 21.9 Å². The summed E-state index contributed by atoms with van der Waals surface area (Å²) in [6.45, 7) is 3.80. The number of hydroxylamine groups is 2. The number of benzene rings is 1. The molecule has 0 atom stereocenters. The Kier molecular flexibility index (Phi) is 3.95. The Morgan fingerprint density at radius 3 is 2.41 bits per heavy atom. The molecule has 0 radical (unpaired) electrons. The zero-order valence-corrected chi connectivity index (χ0v) is 9.58. The second kappa shape index (κ2) is 5.65. The lowest BCUT2D eigenvalue weighted by Gasteiger charge is -2.32. The third-order valence-electron chi connectivity index (χ3n) is 2.79. The van der Waals surface area contributed by atoms with Crippen LogP contribution in [0.2, 0.25) is 0 Å². The number of piperazine rings is 1. The van der Waals surface area contributed by atoms with Gasteiger partial charge in [0.2, 0.25) is 0 Å². The maximum absolute atomic E-state index is 10.4. The van der Waals surface area contributed by atoms with E-state index in [1.807, 2.05) is 18.2 Å². The molecule has 1 heterocycles. The Morgan fingerprint density at radius 2 is 1.82 bits per heavy atom. The summed E-state index contributed by atoms with van der Waals surface area (Å²) in [5.41, 5.74) is 1.28. The highest BCUT2D eigenvalue weighted by atomic mass is 16.8. The summed E-state index contributed by atoms with van der Waals surface area (Å²) in [4.78, 5) is 17.3. The summed E-state index contributed by atoms with van der Waals surface area (Å²) < 4.78 is 0. The summed E-state index contributed by atoms with van der Waals surface area (Å²) in [5.74, 6) is 0. The Hall–Kier alpha value is -1.59. The molecule has 0 bridgehead atoms. The second-order valence-electron chi connectivity index (χ2n) is 4.05. The van der Waals surface area contributed by atoms with E-state index < -0.39 is 6.16 Å². The van der Waals surface area contributed by atoms with E-state index in [1.54, 1.807) is 0 Å². The van der Waals surface area contributed by atoms with Gasteiger partial charge in [-0.05, 0) is 5.56 Å². The fourth-order valence-corrected chi connectivity index (χ4v) is 1.93. The van der Waals surface area contributed by atoms with Gasteiger partial charge in [-0.3, -0.25) is 4.90 Å². The van der Waals surface area contributed by atoms with Crippen molar-refractivity contribution in [3.05, 3.63) is 35.9 Å². The molecule has 5 heteroatoms. The number of nitrogens with zero attached hydrogens (tertiary/aromatic N) is 2. The third kappa shape index (κ3) is 3.72. The van der Waals surface area contributed by atoms with E-state index in [0.717, 1.165) is 19.6 Å². The molecule has 1 N–H and O–H groups in total. The average Bonchev–Trinajstić information content (AvgIpc) is 2.32. The first-order chi connectivity index (χ1) is 8.24. The molecule has 1 saturated heterocycles. The molecule has 5 nitrogen and oxygen atoms in total. The highest BCUT2D eigenvalue weighted by Gasteiger charge is 2.19. The van der Waals surface area contributed by atoms with Crippen molar-refractivity contribution in [2.75, 3.05) is 26.2 Å². The van der Waals surface area contributed by atoms with Gasteiger partial charge in [0.25, 0.3) is 0 Å². The van der Waals surface area contributed by atoms with E-state index in [0.29, 0.717) is 13.1 Å². The fourth-order valence-electron chi connectivity index (χ4n) is 1.93. The summed E-state index contributed by atoms with van der Waals surface area (Å²) in [6, 6.07) is 10.3. The monoisotopic (exact) mass is 236 g/mol.